The summed E-state index contributed by atoms with van der Waals surface area (Å²) in [5, 5.41) is 4.15. The highest BCUT2D eigenvalue weighted by atomic mass is 19.4. The Morgan fingerprint density at radius 3 is 2.43 bits per heavy atom. The quantitative estimate of drug-likeness (QED) is 0.504. The first-order valence-corrected chi connectivity index (χ1v) is 11.1. The first-order chi connectivity index (χ1) is 16.5. The third-order valence-electron chi connectivity index (χ3n) is 6.06. The molecule has 0 spiro atoms. The predicted octanol–water partition coefficient (Wildman–Crippen LogP) is 4.36. The molecule has 3 aromatic heterocycles. The Labute approximate surface area is 200 Å². The molecule has 0 N–H and O–H groups in total. The summed E-state index contributed by atoms with van der Waals surface area (Å²) in [5.74, 6) is 0.0654. The Bertz CT molecular complexity index is 1310. The molecule has 7 nitrogen and oxygen atoms in total. The largest absolute Gasteiger partial charge is 0.417 e. The molecule has 0 saturated carbocycles. The van der Waals surface area contributed by atoms with Gasteiger partial charge >= 0.3 is 6.18 Å². The van der Waals surface area contributed by atoms with Crippen molar-refractivity contribution in [2.45, 2.75) is 39.8 Å². The molecule has 0 unspecified atom stereocenters. The summed E-state index contributed by atoms with van der Waals surface area (Å²) in [6.07, 6.45) is 2.19. The van der Waals surface area contributed by atoms with Crippen LogP contribution < -0.4 is 0 Å². The monoisotopic (exact) mass is 483 g/mol. The number of hydrogen-bond donors (Lipinski definition) is 0. The minimum Gasteiger partial charge on any atom is -0.339 e. The van der Waals surface area contributed by atoms with Crippen LogP contribution in [0.5, 0.6) is 0 Å². The number of aryl methyl sites for hydroxylation is 1. The van der Waals surface area contributed by atoms with Crippen molar-refractivity contribution in [1.82, 2.24) is 24.6 Å². The van der Waals surface area contributed by atoms with Crippen LogP contribution in [0.4, 0.5) is 13.2 Å². The summed E-state index contributed by atoms with van der Waals surface area (Å²) in [7, 11) is 0. The van der Waals surface area contributed by atoms with Gasteiger partial charge in [0.05, 0.1) is 28.7 Å². The SMILES string of the molecule is CC(=O)N1CC=C(c2ncc(CC(=O)c3cnn(-c4ccc(C(F)(F)F)cn4)c3C)cc2C)CC1. The van der Waals surface area contributed by atoms with Gasteiger partial charge in [-0.2, -0.15) is 18.3 Å². The van der Waals surface area contributed by atoms with E-state index in [1.807, 2.05) is 19.1 Å². The van der Waals surface area contributed by atoms with E-state index in [2.05, 4.69) is 15.1 Å². The Kier molecular flexibility index (Phi) is 6.56. The van der Waals surface area contributed by atoms with Crippen molar-refractivity contribution in [1.29, 1.82) is 0 Å². The topological polar surface area (TPSA) is 81.0 Å². The van der Waals surface area contributed by atoms with Crippen molar-refractivity contribution in [3.8, 4) is 5.82 Å². The summed E-state index contributed by atoms with van der Waals surface area (Å²) >= 11 is 0. The van der Waals surface area contributed by atoms with E-state index in [0.29, 0.717) is 24.3 Å². The molecule has 4 rings (SSSR count). The van der Waals surface area contributed by atoms with Gasteiger partial charge < -0.3 is 4.90 Å². The number of carbonyl (C=O) groups is 2. The predicted molar refractivity (Wildman–Crippen MR) is 123 cm³/mol. The molecule has 0 aromatic carbocycles. The van der Waals surface area contributed by atoms with Gasteiger partial charge in [0.2, 0.25) is 5.91 Å². The zero-order chi connectivity index (χ0) is 25.3. The van der Waals surface area contributed by atoms with Crippen molar-refractivity contribution in [3.63, 3.8) is 0 Å². The third kappa shape index (κ3) is 5.16. The number of Topliss-reactive ketones (excluding diaryl/α,β-unsaturated/α-hetero) is 1. The van der Waals surface area contributed by atoms with Gasteiger partial charge in [0.15, 0.2) is 11.6 Å². The van der Waals surface area contributed by atoms with Crippen molar-refractivity contribution in [2.75, 3.05) is 13.1 Å². The average Bonchev–Trinajstić information content (AvgIpc) is 3.20. The number of halogens is 3. The lowest BCUT2D eigenvalue weighted by Gasteiger charge is -2.25. The number of aromatic nitrogens is 4. The van der Waals surface area contributed by atoms with Gasteiger partial charge in [0, 0.05) is 38.8 Å². The van der Waals surface area contributed by atoms with Crippen molar-refractivity contribution in [3.05, 3.63) is 76.5 Å². The number of carbonyl (C=O) groups excluding carboxylic acids is 2. The molecule has 0 fully saturated rings. The highest BCUT2D eigenvalue weighted by Crippen LogP contribution is 2.29. The van der Waals surface area contributed by atoms with Crippen LogP contribution in [0.2, 0.25) is 0 Å². The summed E-state index contributed by atoms with van der Waals surface area (Å²) < 4.78 is 39.7. The first-order valence-electron chi connectivity index (χ1n) is 11.1. The number of rotatable bonds is 5. The van der Waals surface area contributed by atoms with Crippen LogP contribution >= 0.6 is 0 Å². The number of amides is 1. The van der Waals surface area contributed by atoms with Gasteiger partial charge in [-0.15, -0.1) is 0 Å². The van der Waals surface area contributed by atoms with Crippen LogP contribution in [-0.4, -0.2) is 49.4 Å². The van der Waals surface area contributed by atoms with Crippen molar-refractivity contribution in [2.24, 2.45) is 0 Å². The van der Waals surface area contributed by atoms with Gasteiger partial charge in [-0.25, -0.2) is 9.67 Å². The number of hydrogen-bond acceptors (Lipinski definition) is 5. The van der Waals surface area contributed by atoms with Crippen molar-refractivity contribution < 1.29 is 22.8 Å². The van der Waals surface area contributed by atoms with Crippen LogP contribution in [0, 0.1) is 13.8 Å². The Hall–Kier alpha value is -3.82. The second-order valence-corrected chi connectivity index (χ2v) is 8.51. The van der Waals surface area contributed by atoms with E-state index in [9.17, 15) is 22.8 Å². The molecule has 0 bridgehead atoms. The third-order valence-corrected chi connectivity index (χ3v) is 6.06. The summed E-state index contributed by atoms with van der Waals surface area (Å²) in [6.45, 7) is 6.38. The minimum atomic E-state index is -4.48. The number of ketones is 1. The van der Waals surface area contributed by atoms with Crippen LogP contribution in [0.15, 0.2) is 42.9 Å². The van der Waals surface area contributed by atoms with E-state index >= 15 is 0 Å². The standard InChI is InChI=1S/C25H24F3N5O2/c1-15-10-18(12-30-24(15)19-6-8-32(9-7-19)17(3)34)11-22(35)21-14-31-33(16(21)2)23-5-4-20(13-29-23)25(26,27)28/h4-6,10,12-14H,7-9,11H2,1-3H3. The fourth-order valence-electron chi connectivity index (χ4n) is 4.11. The maximum atomic E-state index is 13.0. The molecule has 1 amide bonds. The highest BCUT2D eigenvalue weighted by molar-refractivity contribution is 5.98. The summed E-state index contributed by atoms with van der Waals surface area (Å²) in [6, 6.07) is 4.08. The van der Waals surface area contributed by atoms with Crippen LogP contribution in [0.1, 0.15) is 51.8 Å². The second-order valence-electron chi connectivity index (χ2n) is 8.51. The molecule has 3 aromatic rings. The molecular formula is C25H24F3N5O2. The number of alkyl halides is 3. The Balaban J connectivity index is 1.48. The lowest BCUT2D eigenvalue weighted by molar-refractivity contribution is -0.137. The molecule has 0 aliphatic carbocycles. The van der Waals surface area contributed by atoms with Crippen LogP contribution in [-0.2, 0) is 17.4 Å². The average molecular weight is 483 g/mol. The second kappa shape index (κ2) is 9.44. The molecule has 1 aliphatic heterocycles. The zero-order valence-corrected chi connectivity index (χ0v) is 19.6. The van der Waals surface area contributed by atoms with Gasteiger partial charge in [0.25, 0.3) is 0 Å². The van der Waals surface area contributed by atoms with Gasteiger partial charge in [-0.3, -0.25) is 14.6 Å². The Morgan fingerprint density at radius 1 is 1.09 bits per heavy atom. The van der Waals surface area contributed by atoms with E-state index < -0.39 is 11.7 Å². The first kappa shape index (κ1) is 24.3. The van der Waals surface area contributed by atoms with Gasteiger partial charge in [-0.1, -0.05) is 12.1 Å². The van der Waals surface area contributed by atoms with E-state index in [1.54, 1.807) is 24.9 Å². The van der Waals surface area contributed by atoms with Crippen molar-refractivity contribution >= 4 is 17.3 Å². The van der Waals surface area contributed by atoms with Gasteiger partial charge in [-0.05, 0) is 49.1 Å². The fourth-order valence-corrected chi connectivity index (χ4v) is 4.11. The minimum absolute atomic E-state index is 0.0477. The normalized spacial score (nSPS) is 14.1. The molecular weight excluding hydrogens is 459 g/mol. The molecule has 4 heterocycles. The Morgan fingerprint density at radius 2 is 1.86 bits per heavy atom. The molecule has 1 aliphatic rings. The van der Waals surface area contributed by atoms with Crippen LogP contribution in [0.25, 0.3) is 11.4 Å². The lowest BCUT2D eigenvalue weighted by atomic mass is 9.98. The molecule has 0 atom stereocenters. The zero-order valence-electron chi connectivity index (χ0n) is 19.6. The van der Waals surface area contributed by atoms with E-state index in [0.717, 1.165) is 41.1 Å². The number of nitrogens with zero attached hydrogens (tertiary/aromatic N) is 5. The summed E-state index contributed by atoms with van der Waals surface area (Å²) in [5.41, 5.74) is 3.64. The molecule has 0 saturated heterocycles. The molecule has 35 heavy (non-hydrogen) atoms. The lowest BCUT2D eigenvalue weighted by Crippen LogP contribution is -2.32. The van der Waals surface area contributed by atoms with E-state index in [4.69, 9.17) is 0 Å². The maximum Gasteiger partial charge on any atom is 0.417 e. The maximum absolute atomic E-state index is 13.0. The smallest absolute Gasteiger partial charge is 0.339 e. The molecule has 182 valence electrons. The van der Waals surface area contributed by atoms with Gasteiger partial charge in [0.1, 0.15) is 0 Å². The fraction of sp³-hybridized carbons (Fsp3) is 0.320. The summed E-state index contributed by atoms with van der Waals surface area (Å²) in [4.78, 5) is 34.7. The highest BCUT2D eigenvalue weighted by Gasteiger charge is 2.31. The molecule has 10 heteroatoms. The molecule has 0 radical (unpaired) electrons. The van der Waals surface area contributed by atoms with E-state index in [-0.39, 0.29) is 23.9 Å². The van der Waals surface area contributed by atoms with E-state index in [1.165, 1.54) is 16.9 Å². The number of pyridine rings is 2. The van der Waals surface area contributed by atoms with Crippen LogP contribution in [0.3, 0.4) is 0 Å².